The number of pyridine rings is 2. The Kier molecular flexibility index (Phi) is 7.48. The van der Waals surface area contributed by atoms with Gasteiger partial charge >= 0.3 is 6.18 Å². The van der Waals surface area contributed by atoms with E-state index in [9.17, 15) is 18.0 Å². The van der Waals surface area contributed by atoms with Gasteiger partial charge in [-0.25, -0.2) is 24.9 Å². The van der Waals surface area contributed by atoms with Gasteiger partial charge in [-0.3, -0.25) is 9.36 Å². The van der Waals surface area contributed by atoms with Gasteiger partial charge in [0.25, 0.3) is 5.91 Å². The number of anilines is 3. The Bertz CT molecular complexity index is 1820. The topological polar surface area (TPSA) is 120 Å². The lowest BCUT2D eigenvalue weighted by Gasteiger charge is -2.23. The molecule has 0 saturated carbocycles. The number of hydrogen-bond acceptors (Lipinski definition) is 8. The Labute approximate surface area is 244 Å². The molecule has 1 unspecified atom stereocenters. The second-order valence-corrected chi connectivity index (χ2v) is 10.3. The van der Waals surface area contributed by atoms with E-state index in [1.807, 2.05) is 17.6 Å². The summed E-state index contributed by atoms with van der Waals surface area (Å²) < 4.78 is 47.7. The third-order valence-electron chi connectivity index (χ3n) is 7.15. The summed E-state index contributed by atoms with van der Waals surface area (Å²) in [6.45, 7) is 3.97. The number of imidazole rings is 1. The van der Waals surface area contributed by atoms with Crippen molar-refractivity contribution in [3.63, 3.8) is 0 Å². The number of benzene rings is 1. The fourth-order valence-electron chi connectivity index (χ4n) is 5.00. The number of amides is 1. The number of fused-ring (bicyclic) bond motifs is 1. The Morgan fingerprint density at radius 2 is 1.91 bits per heavy atom. The minimum Gasteiger partial charge on any atom is -0.358 e. The molecule has 220 valence electrons. The van der Waals surface area contributed by atoms with Gasteiger partial charge in [0.15, 0.2) is 5.65 Å². The van der Waals surface area contributed by atoms with Gasteiger partial charge in [-0.15, -0.1) is 0 Å². The maximum atomic E-state index is 13.3. The zero-order valence-electron chi connectivity index (χ0n) is 23.3. The Morgan fingerprint density at radius 3 is 2.70 bits per heavy atom. The van der Waals surface area contributed by atoms with E-state index in [2.05, 4.69) is 35.6 Å². The average Bonchev–Trinajstić information content (AvgIpc) is 3.43. The van der Waals surface area contributed by atoms with Gasteiger partial charge in [-0.1, -0.05) is 6.07 Å². The molecule has 0 radical (unpaired) electrons. The van der Waals surface area contributed by atoms with Gasteiger partial charge in [0.2, 0.25) is 0 Å². The minimum atomic E-state index is -4.60. The number of aryl methyl sites for hydroxylation is 2. The maximum Gasteiger partial charge on any atom is 0.416 e. The van der Waals surface area contributed by atoms with E-state index < -0.39 is 17.6 Å². The van der Waals surface area contributed by atoms with Crippen LogP contribution in [0, 0.1) is 13.8 Å². The molecular weight excluding hydrogens is 561 g/mol. The maximum absolute atomic E-state index is 13.3. The quantitative estimate of drug-likeness (QED) is 0.227. The monoisotopic (exact) mass is 588 g/mol. The second kappa shape index (κ2) is 11.4. The van der Waals surface area contributed by atoms with Crippen molar-refractivity contribution in [2.45, 2.75) is 45.5 Å². The zero-order valence-corrected chi connectivity index (χ0v) is 23.3. The minimum absolute atomic E-state index is 0.0869. The highest BCUT2D eigenvalue weighted by Crippen LogP contribution is 2.34. The first-order valence-corrected chi connectivity index (χ1v) is 13.7. The molecule has 10 nitrogen and oxygen atoms in total. The van der Waals surface area contributed by atoms with Gasteiger partial charge in [-0.2, -0.15) is 13.2 Å². The van der Waals surface area contributed by atoms with Crippen LogP contribution in [0.1, 0.15) is 52.8 Å². The third kappa shape index (κ3) is 5.89. The second-order valence-electron chi connectivity index (χ2n) is 10.3. The molecule has 1 amide bonds. The zero-order chi connectivity index (χ0) is 30.1. The van der Waals surface area contributed by atoms with Crippen molar-refractivity contribution in [1.29, 1.82) is 0 Å². The molecule has 5 heterocycles. The van der Waals surface area contributed by atoms with Crippen LogP contribution < -0.4 is 10.6 Å². The number of aromatic nitrogens is 6. The van der Waals surface area contributed by atoms with Crippen LogP contribution in [0.5, 0.6) is 0 Å². The van der Waals surface area contributed by atoms with Gasteiger partial charge in [-0.05, 0) is 75.1 Å². The number of nitrogens with one attached hydrogen (secondary N) is 2. The van der Waals surface area contributed by atoms with E-state index in [1.54, 1.807) is 36.8 Å². The summed E-state index contributed by atoms with van der Waals surface area (Å²) in [5, 5.41) is 5.97. The molecule has 1 aromatic carbocycles. The molecule has 6 rings (SSSR count). The summed E-state index contributed by atoms with van der Waals surface area (Å²) in [4.78, 5) is 35.0. The van der Waals surface area contributed by atoms with Crippen LogP contribution in [0.4, 0.5) is 30.4 Å². The Hall–Kier alpha value is -4.91. The lowest BCUT2D eigenvalue weighted by Crippen LogP contribution is -2.17. The molecule has 4 aromatic heterocycles. The lowest BCUT2D eigenvalue weighted by molar-refractivity contribution is -0.137. The average molecular weight is 589 g/mol. The Balaban J connectivity index is 1.29. The highest BCUT2D eigenvalue weighted by molar-refractivity contribution is 6.03. The SMILES string of the molecule is Cc1cc(C(F)(F)F)cc(C(=O)Nc2ccc(C)c(Nc3ncccc3-c3ncnc4c3ncn4C3CCCCO3)c2)n1. The van der Waals surface area contributed by atoms with E-state index in [0.29, 0.717) is 46.2 Å². The summed E-state index contributed by atoms with van der Waals surface area (Å²) in [6.07, 6.45) is 3.08. The van der Waals surface area contributed by atoms with E-state index in [4.69, 9.17) is 4.74 Å². The highest BCUT2D eigenvalue weighted by atomic mass is 19.4. The number of carbonyl (C=O) groups is 1. The van der Waals surface area contributed by atoms with Crippen LogP contribution in [0.2, 0.25) is 0 Å². The molecular formula is C30H27F3N8O2. The highest BCUT2D eigenvalue weighted by Gasteiger charge is 2.32. The number of ether oxygens (including phenoxy) is 1. The van der Waals surface area contributed by atoms with Crippen molar-refractivity contribution in [2.24, 2.45) is 0 Å². The number of nitrogens with zero attached hydrogens (tertiary/aromatic N) is 6. The fourth-order valence-corrected chi connectivity index (χ4v) is 5.00. The number of alkyl halides is 3. The first kappa shape index (κ1) is 28.2. The van der Waals surface area contributed by atoms with Crippen molar-refractivity contribution in [1.82, 2.24) is 29.5 Å². The lowest BCUT2D eigenvalue weighted by atomic mass is 10.1. The van der Waals surface area contributed by atoms with Crippen molar-refractivity contribution in [3.8, 4) is 11.3 Å². The van der Waals surface area contributed by atoms with Crippen LogP contribution in [-0.2, 0) is 10.9 Å². The predicted molar refractivity (Wildman–Crippen MR) is 154 cm³/mol. The molecule has 0 spiro atoms. The van der Waals surface area contributed by atoms with E-state index in [-0.39, 0.29) is 17.6 Å². The first-order chi connectivity index (χ1) is 20.7. The molecule has 0 aliphatic carbocycles. The number of carbonyl (C=O) groups excluding carboxylic acids is 1. The summed E-state index contributed by atoms with van der Waals surface area (Å²) >= 11 is 0. The normalized spacial score (nSPS) is 15.4. The molecule has 5 aromatic rings. The van der Waals surface area contributed by atoms with Crippen LogP contribution in [0.15, 0.2) is 61.3 Å². The van der Waals surface area contributed by atoms with E-state index in [0.717, 1.165) is 37.0 Å². The van der Waals surface area contributed by atoms with Crippen LogP contribution >= 0.6 is 0 Å². The molecule has 2 N–H and O–H groups in total. The van der Waals surface area contributed by atoms with E-state index in [1.165, 1.54) is 13.3 Å². The van der Waals surface area contributed by atoms with Crippen molar-refractivity contribution >= 4 is 34.3 Å². The molecule has 1 saturated heterocycles. The summed E-state index contributed by atoms with van der Waals surface area (Å²) in [5.41, 5.74) is 3.18. The third-order valence-corrected chi connectivity index (χ3v) is 7.15. The van der Waals surface area contributed by atoms with Crippen LogP contribution in [0.25, 0.3) is 22.4 Å². The van der Waals surface area contributed by atoms with Crippen molar-refractivity contribution in [3.05, 3.63) is 83.8 Å². The van der Waals surface area contributed by atoms with Gasteiger partial charge in [0.05, 0.1) is 11.9 Å². The smallest absolute Gasteiger partial charge is 0.358 e. The summed E-state index contributed by atoms with van der Waals surface area (Å²) in [5.74, 6) is -0.267. The van der Waals surface area contributed by atoms with E-state index >= 15 is 0 Å². The molecule has 13 heteroatoms. The largest absolute Gasteiger partial charge is 0.416 e. The predicted octanol–water partition coefficient (Wildman–Crippen LogP) is 6.61. The molecule has 1 fully saturated rings. The van der Waals surface area contributed by atoms with Gasteiger partial charge in [0, 0.05) is 35.4 Å². The fraction of sp³-hybridized carbons (Fsp3) is 0.267. The van der Waals surface area contributed by atoms with Crippen LogP contribution in [0.3, 0.4) is 0 Å². The Morgan fingerprint density at radius 1 is 1.05 bits per heavy atom. The van der Waals surface area contributed by atoms with Crippen molar-refractivity contribution in [2.75, 3.05) is 17.2 Å². The molecule has 1 aliphatic heterocycles. The molecule has 1 atom stereocenters. The number of hydrogen-bond donors (Lipinski definition) is 2. The molecule has 0 bridgehead atoms. The van der Waals surface area contributed by atoms with Crippen molar-refractivity contribution < 1.29 is 22.7 Å². The summed E-state index contributed by atoms with van der Waals surface area (Å²) in [6, 6.07) is 10.4. The van der Waals surface area contributed by atoms with Crippen LogP contribution in [-0.4, -0.2) is 42.0 Å². The van der Waals surface area contributed by atoms with Gasteiger partial charge in [0.1, 0.15) is 35.3 Å². The number of rotatable bonds is 6. The van der Waals surface area contributed by atoms with Gasteiger partial charge < -0.3 is 15.4 Å². The standard InChI is InChI=1S/C30H27F3N8O2/c1-17-8-9-20(39-29(42)23-13-19(30(31,32)33)12-18(2)38-23)14-22(17)40-27-21(6-5-10-34-27)25-26-28(36-15-35-25)41(16-37-26)24-7-3-4-11-43-24/h5-6,8-10,12-16,24H,3-4,7,11H2,1-2H3,(H,34,40)(H,39,42). The summed E-state index contributed by atoms with van der Waals surface area (Å²) in [7, 11) is 0. The first-order valence-electron chi connectivity index (χ1n) is 13.7. The molecule has 1 aliphatic rings. The number of halogens is 3. The molecule has 43 heavy (non-hydrogen) atoms.